The number of alkyl halides is 3. The van der Waals surface area contributed by atoms with Gasteiger partial charge in [0, 0.05) is 13.1 Å². The monoisotopic (exact) mass is 317 g/mol. The number of thiocarbonyl (C=S) groups is 1. The minimum atomic E-state index is -4.47. The first-order chi connectivity index (χ1) is 9.82. The van der Waals surface area contributed by atoms with E-state index in [0.717, 1.165) is 25.3 Å². The van der Waals surface area contributed by atoms with E-state index in [0.29, 0.717) is 24.6 Å². The Balaban J connectivity index is 2.41. The number of piperidine rings is 1. The van der Waals surface area contributed by atoms with E-state index in [-0.39, 0.29) is 10.8 Å². The van der Waals surface area contributed by atoms with Gasteiger partial charge in [0.1, 0.15) is 16.5 Å². The molecule has 0 bridgehead atoms. The molecule has 1 aromatic rings. The van der Waals surface area contributed by atoms with Gasteiger partial charge in [-0.05, 0) is 30.9 Å². The molecule has 0 saturated carbocycles. The van der Waals surface area contributed by atoms with E-state index < -0.39 is 11.9 Å². The predicted octanol–water partition coefficient (Wildman–Crippen LogP) is 3.36. The molecule has 21 heavy (non-hydrogen) atoms. The second-order valence-electron chi connectivity index (χ2n) is 5.29. The Labute approximate surface area is 127 Å². The van der Waals surface area contributed by atoms with Crippen LogP contribution in [0.1, 0.15) is 37.4 Å². The zero-order chi connectivity index (χ0) is 15.6. The lowest BCUT2D eigenvalue weighted by Crippen LogP contribution is -2.37. The van der Waals surface area contributed by atoms with Crippen molar-refractivity contribution in [3.63, 3.8) is 0 Å². The van der Waals surface area contributed by atoms with Gasteiger partial charge in [0.2, 0.25) is 0 Å². The number of hydrogen-bond donors (Lipinski definition) is 1. The second-order valence-corrected chi connectivity index (χ2v) is 5.73. The van der Waals surface area contributed by atoms with Crippen LogP contribution in [0.3, 0.4) is 0 Å². The Morgan fingerprint density at radius 3 is 2.76 bits per heavy atom. The number of rotatable bonds is 3. The molecule has 0 aromatic carbocycles. The average molecular weight is 317 g/mol. The fraction of sp³-hybridized carbons (Fsp3) is 0.571. The Kier molecular flexibility index (Phi) is 4.70. The van der Waals surface area contributed by atoms with E-state index >= 15 is 0 Å². The molecular formula is C14H18F3N3S. The van der Waals surface area contributed by atoms with Gasteiger partial charge >= 0.3 is 6.18 Å². The van der Waals surface area contributed by atoms with Crippen LogP contribution in [-0.2, 0) is 6.18 Å². The molecule has 1 aliphatic rings. The summed E-state index contributed by atoms with van der Waals surface area (Å²) in [5.41, 5.74) is 5.14. The van der Waals surface area contributed by atoms with Crippen LogP contribution in [0.15, 0.2) is 12.1 Å². The minimum Gasteiger partial charge on any atom is -0.389 e. The Bertz CT molecular complexity index is 531. The number of hydrogen-bond acceptors (Lipinski definition) is 3. The molecule has 1 aromatic heterocycles. The Morgan fingerprint density at radius 2 is 2.19 bits per heavy atom. The van der Waals surface area contributed by atoms with Crippen LogP contribution in [0.5, 0.6) is 0 Å². The maximum Gasteiger partial charge on any atom is 0.433 e. The van der Waals surface area contributed by atoms with Crippen molar-refractivity contribution in [2.75, 3.05) is 18.0 Å². The molecule has 2 heterocycles. The van der Waals surface area contributed by atoms with Crippen molar-refractivity contribution in [1.29, 1.82) is 0 Å². The van der Waals surface area contributed by atoms with Gasteiger partial charge in [-0.1, -0.05) is 25.6 Å². The van der Waals surface area contributed by atoms with Crippen LogP contribution in [0.2, 0.25) is 0 Å². The molecule has 1 unspecified atom stereocenters. The third-order valence-corrected chi connectivity index (χ3v) is 4.05. The van der Waals surface area contributed by atoms with Crippen LogP contribution in [0.4, 0.5) is 19.0 Å². The van der Waals surface area contributed by atoms with Gasteiger partial charge in [-0.25, -0.2) is 4.98 Å². The molecule has 0 aliphatic carbocycles. The first-order valence-corrected chi connectivity index (χ1v) is 7.36. The van der Waals surface area contributed by atoms with Gasteiger partial charge in [0.25, 0.3) is 0 Å². The van der Waals surface area contributed by atoms with Crippen molar-refractivity contribution in [1.82, 2.24) is 4.98 Å². The summed E-state index contributed by atoms with van der Waals surface area (Å²) in [6, 6.07) is 2.25. The SMILES string of the molecule is CCC1CCCN(c2nc(C(F)(F)F)ccc2C(N)=S)C1. The number of nitrogens with zero attached hydrogens (tertiary/aromatic N) is 2. The highest BCUT2D eigenvalue weighted by atomic mass is 32.1. The first kappa shape index (κ1) is 16.0. The highest BCUT2D eigenvalue weighted by Gasteiger charge is 2.34. The lowest BCUT2D eigenvalue weighted by Gasteiger charge is -2.34. The molecule has 1 fully saturated rings. The molecule has 1 saturated heterocycles. The molecular weight excluding hydrogens is 299 g/mol. The summed E-state index contributed by atoms with van der Waals surface area (Å²) in [4.78, 5) is 5.74. The van der Waals surface area contributed by atoms with Crippen LogP contribution in [0, 0.1) is 5.92 Å². The predicted molar refractivity (Wildman–Crippen MR) is 80.4 cm³/mol. The summed E-state index contributed by atoms with van der Waals surface area (Å²) >= 11 is 4.94. The van der Waals surface area contributed by atoms with Crippen molar-refractivity contribution >= 4 is 23.0 Å². The van der Waals surface area contributed by atoms with E-state index in [9.17, 15) is 13.2 Å². The minimum absolute atomic E-state index is 0.0739. The molecule has 1 aliphatic heterocycles. The third-order valence-electron chi connectivity index (χ3n) is 3.83. The summed E-state index contributed by atoms with van der Waals surface area (Å²) in [5.74, 6) is 0.727. The third kappa shape index (κ3) is 3.64. The van der Waals surface area contributed by atoms with Crippen LogP contribution >= 0.6 is 12.2 Å². The van der Waals surface area contributed by atoms with Crippen molar-refractivity contribution in [3.8, 4) is 0 Å². The van der Waals surface area contributed by atoms with Crippen LogP contribution in [0.25, 0.3) is 0 Å². The number of anilines is 1. The molecule has 1 atom stereocenters. The summed E-state index contributed by atoms with van der Waals surface area (Å²) in [6.07, 6.45) is -1.44. The van der Waals surface area contributed by atoms with Gasteiger partial charge in [0.15, 0.2) is 0 Å². The smallest absolute Gasteiger partial charge is 0.389 e. The van der Waals surface area contributed by atoms with Crippen molar-refractivity contribution < 1.29 is 13.2 Å². The molecule has 0 amide bonds. The van der Waals surface area contributed by atoms with Crippen LogP contribution < -0.4 is 10.6 Å². The maximum absolute atomic E-state index is 12.9. The van der Waals surface area contributed by atoms with E-state index in [1.807, 2.05) is 4.90 Å². The van der Waals surface area contributed by atoms with Crippen LogP contribution in [-0.4, -0.2) is 23.1 Å². The van der Waals surface area contributed by atoms with E-state index in [2.05, 4.69) is 11.9 Å². The maximum atomic E-state index is 12.9. The number of halogens is 3. The zero-order valence-corrected chi connectivity index (χ0v) is 12.6. The average Bonchev–Trinajstić information content (AvgIpc) is 2.45. The summed E-state index contributed by atoms with van der Waals surface area (Å²) in [7, 11) is 0. The summed E-state index contributed by atoms with van der Waals surface area (Å²) in [5, 5.41) is 0. The van der Waals surface area contributed by atoms with Crippen molar-refractivity contribution in [2.45, 2.75) is 32.4 Å². The molecule has 3 nitrogen and oxygen atoms in total. The zero-order valence-electron chi connectivity index (χ0n) is 11.8. The first-order valence-electron chi connectivity index (χ1n) is 6.96. The molecule has 116 valence electrons. The number of nitrogens with two attached hydrogens (primary N) is 1. The fourth-order valence-corrected chi connectivity index (χ4v) is 2.79. The van der Waals surface area contributed by atoms with E-state index in [1.54, 1.807) is 0 Å². The standard InChI is InChI=1S/C14H18F3N3S/c1-2-9-4-3-7-20(8-9)13-10(12(18)21)5-6-11(19-13)14(15,16)17/h5-6,9H,2-4,7-8H2,1H3,(H2,18,21). The normalized spacial score (nSPS) is 19.6. The van der Waals surface area contributed by atoms with Gasteiger partial charge in [-0.3, -0.25) is 0 Å². The quantitative estimate of drug-likeness (QED) is 0.868. The molecule has 0 radical (unpaired) electrons. The lowest BCUT2D eigenvalue weighted by molar-refractivity contribution is -0.141. The van der Waals surface area contributed by atoms with Crippen molar-refractivity contribution in [2.24, 2.45) is 11.7 Å². The highest BCUT2D eigenvalue weighted by molar-refractivity contribution is 7.80. The molecule has 7 heteroatoms. The fourth-order valence-electron chi connectivity index (χ4n) is 2.63. The molecule has 2 rings (SSSR count). The van der Waals surface area contributed by atoms with Crippen molar-refractivity contribution in [3.05, 3.63) is 23.4 Å². The lowest BCUT2D eigenvalue weighted by atomic mass is 9.95. The van der Waals surface area contributed by atoms with Gasteiger partial charge in [-0.15, -0.1) is 0 Å². The van der Waals surface area contributed by atoms with E-state index in [4.69, 9.17) is 18.0 Å². The van der Waals surface area contributed by atoms with Gasteiger partial charge < -0.3 is 10.6 Å². The highest BCUT2D eigenvalue weighted by Crippen LogP contribution is 2.32. The summed E-state index contributed by atoms with van der Waals surface area (Å²) < 4.78 is 38.6. The van der Waals surface area contributed by atoms with E-state index in [1.165, 1.54) is 6.07 Å². The van der Waals surface area contributed by atoms with Gasteiger partial charge in [-0.2, -0.15) is 13.2 Å². The summed E-state index contributed by atoms with van der Waals surface area (Å²) in [6.45, 7) is 3.46. The second kappa shape index (κ2) is 6.17. The topological polar surface area (TPSA) is 42.2 Å². The largest absolute Gasteiger partial charge is 0.433 e. The van der Waals surface area contributed by atoms with Gasteiger partial charge in [0.05, 0.1) is 5.56 Å². The molecule has 2 N–H and O–H groups in total. The number of pyridine rings is 1. The Hall–Kier alpha value is -1.37. The number of aromatic nitrogens is 1. The Morgan fingerprint density at radius 1 is 1.48 bits per heavy atom. The molecule has 0 spiro atoms.